The third-order valence-electron chi connectivity index (χ3n) is 6.63. The fraction of sp³-hybridized carbons (Fsp3) is 0.640. The van der Waals surface area contributed by atoms with Crippen LogP contribution in [0.1, 0.15) is 45.1 Å². The predicted octanol–water partition coefficient (Wildman–Crippen LogP) is 2.69. The van der Waals surface area contributed by atoms with Crippen molar-refractivity contribution in [3.63, 3.8) is 0 Å². The summed E-state index contributed by atoms with van der Waals surface area (Å²) in [5.41, 5.74) is 2.36. The van der Waals surface area contributed by atoms with Crippen molar-refractivity contribution in [1.29, 1.82) is 0 Å². The minimum atomic E-state index is 0.0884. The van der Waals surface area contributed by atoms with Gasteiger partial charge in [-0.15, -0.1) is 0 Å². The number of aromatic nitrogens is 2. The highest BCUT2D eigenvalue weighted by Gasteiger charge is 2.26. The van der Waals surface area contributed by atoms with Gasteiger partial charge in [-0.3, -0.25) is 14.6 Å². The maximum atomic E-state index is 12.5. The van der Waals surface area contributed by atoms with Crippen molar-refractivity contribution in [2.75, 3.05) is 52.5 Å². The maximum Gasteiger partial charge on any atom is 0.241 e. The largest absolute Gasteiger partial charge is 0.379 e. The predicted molar refractivity (Wildman–Crippen MR) is 127 cm³/mol. The number of carbonyl (C=O) groups is 1. The summed E-state index contributed by atoms with van der Waals surface area (Å²) in [5.74, 6) is 1.52. The first-order valence-electron chi connectivity index (χ1n) is 12.1. The first-order valence-corrected chi connectivity index (χ1v) is 12.1. The average molecular weight is 456 g/mol. The summed E-state index contributed by atoms with van der Waals surface area (Å²) in [6.45, 7) is 14.0. The molecule has 0 bridgehead atoms. The smallest absolute Gasteiger partial charge is 0.241 e. The molecule has 3 heterocycles. The molecule has 2 saturated heterocycles. The summed E-state index contributed by atoms with van der Waals surface area (Å²) >= 11 is 0. The van der Waals surface area contributed by atoms with E-state index >= 15 is 0 Å². The zero-order chi connectivity index (χ0) is 23.3. The Labute approximate surface area is 196 Å². The highest BCUT2D eigenvalue weighted by molar-refractivity contribution is 5.78. The van der Waals surface area contributed by atoms with Gasteiger partial charge in [-0.1, -0.05) is 50.2 Å². The third-order valence-corrected chi connectivity index (χ3v) is 6.63. The fourth-order valence-corrected chi connectivity index (χ4v) is 4.41. The Kier molecular flexibility index (Phi) is 7.78. The van der Waals surface area contributed by atoms with E-state index in [-0.39, 0.29) is 17.2 Å². The lowest BCUT2D eigenvalue weighted by Crippen LogP contribution is -2.44. The van der Waals surface area contributed by atoms with Crippen LogP contribution in [0.2, 0.25) is 0 Å². The zero-order valence-corrected chi connectivity index (χ0v) is 20.2. The molecule has 2 aliphatic heterocycles. The molecule has 1 amide bonds. The van der Waals surface area contributed by atoms with Gasteiger partial charge in [0, 0.05) is 37.7 Å². The van der Waals surface area contributed by atoms with Crippen molar-refractivity contribution >= 4 is 5.91 Å². The van der Waals surface area contributed by atoms with Crippen LogP contribution in [0.5, 0.6) is 0 Å². The quantitative estimate of drug-likeness (QED) is 0.687. The number of ether oxygens (including phenoxy) is 1. The molecular weight excluding hydrogens is 418 g/mol. The molecule has 2 fully saturated rings. The Hall–Kier alpha value is -2.29. The van der Waals surface area contributed by atoms with Crippen LogP contribution in [0.15, 0.2) is 28.8 Å². The number of morpholine rings is 1. The monoisotopic (exact) mass is 455 g/mol. The second kappa shape index (κ2) is 10.8. The molecule has 0 saturated carbocycles. The molecule has 2 aromatic rings. The maximum absolute atomic E-state index is 12.5. The number of amides is 1. The number of benzene rings is 1. The van der Waals surface area contributed by atoms with Gasteiger partial charge in [0.25, 0.3) is 0 Å². The Balaban J connectivity index is 1.20. The summed E-state index contributed by atoms with van der Waals surface area (Å²) in [6.07, 6.45) is 1.72. The van der Waals surface area contributed by atoms with Crippen LogP contribution in [0.3, 0.4) is 0 Å². The number of likely N-dealkylation sites (tertiary alicyclic amines) is 1. The molecule has 4 rings (SSSR count). The van der Waals surface area contributed by atoms with Crippen molar-refractivity contribution in [3.8, 4) is 11.4 Å². The number of carbonyl (C=O) groups excluding carboxylic acids is 1. The molecule has 0 spiro atoms. The Bertz CT molecular complexity index is 892. The van der Waals surface area contributed by atoms with Crippen LogP contribution in [0.25, 0.3) is 11.4 Å². The van der Waals surface area contributed by atoms with E-state index in [0.717, 1.165) is 64.3 Å². The van der Waals surface area contributed by atoms with E-state index < -0.39 is 0 Å². The van der Waals surface area contributed by atoms with Crippen LogP contribution in [-0.2, 0) is 21.5 Å². The number of rotatable bonds is 7. The normalized spacial score (nSPS) is 19.0. The highest BCUT2D eigenvalue weighted by atomic mass is 16.5. The summed E-state index contributed by atoms with van der Waals surface area (Å²) in [7, 11) is 0. The minimum absolute atomic E-state index is 0.0884. The summed E-state index contributed by atoms with van der Waals surface area (Å²) in [4.78, 5) is 21.8. The molecule has 2 aliphatic rings. The molecule has 180 valence electrons. The average Bonchev–Trinajstić information content (AvgIpc) is 3.28. The van der Waals surface area contributed by atoms with E-state index in [9.17, 15) is 4.79 Å². The van der Waals surface area contributed by atoms with Crippen molar-refractivity contribution in [2.24, 2.45) is 5.92 Å². The van der Waals surface area contributed by atoms with Crippen LogP contribution >= 0.6 is 0 Å². The van der Waals surface area contributed by atoms with Crippen LogP contribution in [0, 0.1) is 5.92 Å². The molecule has 0 unspecified atom stereocenters. The summed E-state index contributed by atoms with van der Waals surface area (Å²) in [5, 5.41) is 7.29. The van der Waals surface area contributed by atoms with Gasteiger partial charge in [0.05, 0.1) is 19.8 Å². The van der Waals surface area contributed by atoms with Gasteiger partial charge in [0.15, 0.2) is 0 Å². The Morgan fingerprint density at radius 3 is 2.42 bits per heavy atom. The van der Waals surface area contributed by atoms with Gasteiger partial charge in [0.1, 0.15) is 0 Å². The molecular formula is C25H37N5O3. The Morgan fingerprint density at radius 1 is 1.06 bits per heavy atom. The molecule has 33 heavy (non-hydrogen) atoms. The number of hydrogen-bond donors (Lipinski definition) is 1. The number of hydrogen-bond acceptors (Lipinski definition) is 7. The standard InChI is InChI=1S/C25H37N5O3/c1-25(2,3)21-6-4-19(5-7-21)23-27-22(33-28-23)18-30-11-8-20(9-12-30)24(31)26-10-13-29-14-16-32-17-15-29/h4-7,20H,8-18H2,1-3H3,(H,26,31). The molecule has 8 nitrogen and oxygen atoms in total. The number of nitrogens with zero attached hydrogens (tertiary/aromatic N) is 4. The van der Waals surface area contributed by atoms with E-state index in [1.807, 2.05) is 0 Å². The molecule has 1 aromatic carbocycles. The van der Waals surface area contributed by atoms with Crippen molar-refractivity contribution in [1.82, 2.24) is 25.3 Å². The summed E-state index contributed by atoms with van der Waals surface area (Å²) < 4.78 is 10.9. The SMILES string of the molecule is CC(C)(C)c1ccc(-c2noc(CN3CCC(C(=O)NCCN4CCOCC4)CC3)n2)cc1. The van der Waals surface area contributed by atoms with E-state index in [0.29, 0.717) is 24.8 Å². The topological polar surface area (TPSA) is 83.7 Å². The molecule has 1 N–H and O–H groups in total. The molecule has 0 radical (unpaired) electrons. The summed E-state index contributed by atoms with van der Waals surface area (Å²) in [6, 6.07) is 8.36. The number of piperidine rings is 1. The lowest BCUT2D eigenvalue weighted by atomic mass is 9.87. The van der Waals surface area contributed by atoms with E-state index in [1.165, 1.54) is 5.56 Å². The van der Waals surface area contributed by atoms with Gasteiger partial charge in [0.2, 0.25) is 17.6 Å². The first-order chi connectivity index (χ1) is 15.9. The van der Waals surface area contributed by atoms with Gasteiger partial charge in [-0.25, -0.2) is 0 Å². The number of nitrogens with one attached hydrogen (secondary N) is 1. The second-order valence-electron chi connectivity index (χ2n) is 10.1. The van der Waals surface area contributed by atoms with Gasteiger partial charge in [-0.2, -0.15) is 4.98 Å². The lowest BCUT2D eigenvalue weighted by molar-refractivity contribution is -0.126. The van der Waals surface area contributed by atoms with Crippen LogP contribution < -0.4 is 5.32 Å². The highest BCUT2D eigenvalue weighted by Crippen LogP contribution is 2.25. The van der Waals surface area contributed by atoms with Crippen LogP contribution in [0.4, 0.5) is 0 Å². The fourth-order valence-electron chi connectivity index (χ4n) is 4.41. The molecule has 8 heteroatoms. The first kappa shape index (κ1) is 23.9. The zero-order valence-electron chi connectivity index (χ0n) is 20.2. The van der Waals surface area contributed by atoms with Crippen molar-refractivity contribution in [2.45, 2.75) is 45.6 Å². The van der Waals surface area contributed by atoms with Crippen LogP contribution in [-0.4, -0.2) is 78.3 Å². The molecule has 0 atom stereocenters. The van der Waals surface area contributed by atoms with Gasteiger partial charge >= 0.3 is 0 Å². The van der Waals surface area contributed by atoms with Gasteiger partial charge < -0.3 is 14.6 Å². The minimum Gasteiger partial charge on any atom is -0.379 e. The third kappa shape index (κ3) is 6.62. The van der Waals surface area contributed by atoms with Crippen molar-refractivity contribution < 1.29 is 14.1 Å². The lowest BCUT2D eigenvalue weighted by Gasteiger charge is -2.30. The van der Waals surface area contributed by atoms with E-state index in [4.69, 9.17) is 9.26 Å². The van der Waals surface area contributed by atoms with Gasteiger partial charge in [-0.05, 0) is 36.9 Å². The molecule has 0 aliphatic carbocycles. The Morgan fingerprint density at radius 2 is 1.76 bits per heavy atom. The second-order valence-corrected chi connectivity index (χ2v) is 10.1. The van der Waals surface area contributed by atoms with E-state index in [2.05, 4.69) is 70.3 Å². The van der Waals surface area contributed by atoms with E-state index in [1.54, 1.807) is 0 Å². The van der Waals surface area contributed by atoms with Crippen molar-refractivity contribution in [3.05, 3.63) is 35.7 Å². The molecule has 1 aromatic heterocycles.